The highest BCUT2D eigenvalue weighted by Gasteiger charge is 2.57. The lowest BCUT2D eigenvalue weighted by Crippen LogP contribution is -2.63. The second kappa shape index (κ2) is 7.49. The van der Waals surface area contributed by atoms with E-state index in [0.29, 0.717) is 29.9 Å². The number of nitrogens with zero attached hydrogens (tertiary/aromatic N) is 2. The predicted molar refractivity (Wildman–Crippen MR) is 91.4 cm³/mol. The largest absolute Gasteiger partial charge is 0.378 e. The standard InChI is InChI=1S/C18H33N3O2/c1-3-23-16-14-15(18(16)7-4-5-8-18)20(2)11-6-17(22)21-12-9-19-10-13-21/h15-16,19H,3-14H2,1-2H3. The van der Waals surface area contributed by atoms with Crippen LogP contribution in [0, 0.1) is 5.41 Å². The van der Waals surface area contributed by atoms with Gasteiger partial charge in [-0.05, 0) is 33.2 Å². The Labute approximate surface area is 140 Å². The summed E-state index contributed by atoms with van der Waals surface area (Å²) in [5.74, 6) is 0.319. The Morgan fingerprint density at radius 2 is 2.00 bits per heavy atom. The highest BCUT2D eigenvalue weighted by Crippen LogP contribution is 2.56. The second-order valence-corrected chi connectivity index (χ2v) is 7.50. The SMILES string of the molecule is CCOC1CC(N(C)CCC(=O)N2CCNCC2)C12CCCC2. The van der Waals surface area contributed by atoms with E-state index in [4.69, 9.17) is 4.74 Å². The fourth-order valence-electron chi connectivity index (χ4n) is 4.97. The van der Waals surface area contributed by atoms with E-state index in [1.807, 2.05) is 4.90 Å². The number of carbonyl (C=O) groups is 1. The summed E-state index contributed by atoms with van der Waals surface area (Å²) in [5.41, 5.74) is 0.378. The Balaban J connectivity index is 1.50. The van der Waals surface area contributed by atoms with Gasteiger partial charge in [0, 0.05) is 57.2 Å². The Bertz CT molecular complexity index is 403. The van der Waals surface area contributed by atoms with Crippen molar-refractivity contribution in [2.45, 2.75) is 57.6 Å². The molecule has 132 valence electrons. The smallest absolute Gasteiger partial charge is 0.223 e. The van der Waals surface area contributed by atoms with Gasteiger partial charge in [0.2, 0.25) is 5.91 Å². The number of hydrogen-bond acceptors (Lipinski definition) is 4. The molecule has 1 aliphatic heterocycles. The number of rotatable bonds is 6. The predicted octanol–water partition coefficient (Wildman–Crippen LogP) is 1.48. The molecule has 1 amide bonds. The third kappa shape index (κ3) is 3.42. The van der Waals surface area contributed by atoms with Crippen LogP contribution in [0.5, 0.6) is 0 Å². The van der Waals surface area contributed by atoms with Gasteiger partial charge in [0.15, 0.2) is 0 Å². The highest BCUT2D eigenvalue weighted by atomic mass is 16.5. The van der Waals surface area contributed by atoms with Crippen molar-refractivity contribution >= 4 is 5.91 Å². The van der Waals surface area contributed by atoms with Crippen LogP contribution in [0.2, 0.25) is 0 Å². The molecule has 3 aliphatic rings. The first-order chi connectivity index (χ1) is 11.2. The lowest BCUT2D eigenvalue weighted by molar-refractivity contribution is -0.161. The molecule has 2 aliphatic carbocycles. The number of amides is 1. The van der Waals surface area contributed by atoms with Crippen molar-refractivity contribution in [3.05, 3.63) is 0 Å². The number of ether oxygens (including phenoxy) is 1. The van der Waals surface area contributed by atoms with Crippen molar-refractivity contribution < 1.29 is 9.53 Å². The second-order valence-electron chi connectivity index (χ2n) is 7.50. The van der Waals surface area contributed by atoms with Crippen LogP contribution in [-0.4, -0.2) is 74.2 Å². The summed E-state index contributed by atoms with van der Waals surface area (Å²) in [7, 11) is 2.21. The molecule has 1 heterocycles. The Hall–Kier alpha value is -0.650. The summed E-state index contributed by atoms with van der Waals surface area (Å²) in [5, 5.41) is 3.30. The van der Waals surface area contributed by atoms with Crippen molar-refractivity contribution in [2.75, 3.05) is 46.4 Å². The molecule has 0 aromatic rings. The molecule has 5 nitrogen and oxygen atoms in total. The third-order valence-electron chi connectivity index (χ3n) is 6.32. The first kappa shape index (κ1) is 17.2. The lowest BCUT2D eigenvalue weighted by atomic mass is 9.60. The molecule has 0 radical (unpaired) electrons. The van der Waals surface area contributed by atoms with Crippen molar-refractivity contribution in [1.29, 1.82) is 0 Å². The highest BCUT2D eigenvalue weighted by molar-refractivity contribution is 5.76. The molecule has 1 spiro atoms. The Morgan fingerprint density at radius 1 is 1.30 bits per heavy atom. The number of nitrogens with one attached hydrogen (secondary N) is 1. The minimum absolute atomic E-state index is 0.319. The molecule has 2 unspecified atom stereocenters. The van der Waals surface area contributed by atoms with Crippen LogP contribution >= 0.6 is 0 Å². The molecule has 3 rings (SSSR count). The zero-order valence-electron chi connectivity index (χ0n) is 14.9. The quantitative estimate of drug-likeness (QED) is 0.804. The van der Waals surface area contributed by atoms with Crippen molar-refractivity contribution in [3.8, 4) is 0 Å². The minimum atomic E-state index is 0.319. The average Bonchev–Trinajstić information content (AvgIpc) is 3.09. The van der Waals surface area contributed by atoms with E-state index in [-0.39, 0.29) is 0 Å². The fourth-order valence-corrected chi connectivity index (χ4v) is 4.97. The topological polar surface area (TPSA) is 44.8 Å². The maximum atomic E-state index is 12.4. The molecule has 1 saturated heterocycles. The summed E-state index contributed by atoms with van der Waals surface area (Å²) < 4.78 is 6.01. The van der Waals surface area contributed by atoms with E-state index in [9.17, 15) is 4.79 Å². The van der Waals surface area contributed by atoms with Gasteiger partial charge in [-0.15, -0.1) is 0 Å². The first-order valence-electron chi connectivity index (χ1n) is 9.47. The van der Waals surface area contributed by atoms with Crippen molar-refractivity contribution in [3.63, 3.8) is 0 Å². The van der Waals surface area contributed by atoms with Gasteiger partial charge in [0.05, 0.1) is 6.10 Å². The third-order valence-corrected chi connectivity index (χ3v) is 6.32. The molecule has 2 atom stereocenters. The molecule has 23 heavy (non-hydrogen) atoms. The van der Waals surface area contributed by atoms with E-state index < -0.39 is 0 Å². The van der Waals surface area contributed by atoms with E-state index in [2.05, 4.69) is 24.2 Å². The van der Waals surface area contributed by atoms with E-state index in [0.717, 1.165) is 45.8 Å². The van der Waals surface area contributed by atoms with Gasteiger partial charge in [-0.2, -0.15) is 0 Å². The molecule has 1 N–H and O–H groups in total. The van der Waals surface area contributed by atoms with Crippen LogP contribution in [0.4, 0.5) is 0 Å². The van der Waals surface area contributed by atoms with Crippen molar-refractivity contribution in [2.24, 2.45) is 5.41 Å². The van der Waals surface area contributed by atoms with E-state index in [1.54, 1.807) is 0 Å². The molecular weight excluding hydrogens is 290 g/mol. The van der Waals surface area contributed by atoms with E-state index in [1.165, 1.54) is 25.7 Å². The molecule has 0 aromatic heterocycles. The van der Waals surface area contributed by atoms with Crippen LogP contribution < -0.4 is 5.32 Å². The van der Waals surface area contributed by atoms with Crippen molar-refractivity contribution in [1.82, 2.24) is 15.1 Å². The Kier molecular flexibility index (Phi) is 5.60. The maximum absolute atomic E-state index is 12.4. The van der Waals surface area contributed by atoms with Gasteiger partial charge in [0.1, 0.15) is 0 Å². The average molecular weight is 323 g/mol. The molecule has 2 saturated carbocycles. The van der Waals surface area contributed by atoms with Gasteiger partial charge in [-0.3, -0.25) is 4.79 Å². The number of hydrogen-bond donors (Lipinski definition) is 1. The number of piperazine rings is 1. The maximum Gasteiger partial charge on any atom is 0.223 e. The van der Waals surface area contributed by atoms with Crippen LogP contribution in [-0.2, 0) is 9.53 Å². The Morgan fingerprint density at radius 3 is 2.65 bits per heavy atom. The van der Waals surface area contributed by atoms with Crippen LogP contribution in [0.1, 0.15) is 45.4 Å². The van der Waals surface area contributed by atoms with Crippen LogP contribution in [0.15, 0.2) is 0 Å². The van der Waals surface area contributed by atoms with Gasteiger partial charge in [0.25, 0.3) is 0 Å². The summed E-state index contributed by atoms with van der Waals surface area (Å²) in [6, 6.07) is 0.609. The van der Waals surface area contributed by atoms with Crippen LogP contribution in [0.25, 0.3) is 0 Å². The molecule has 0 bridgehead atoms. The van der Waals surface area contributed by atoms with Gasteiger partial charge in [-0.1, -0.05) is 12.8 Å². The zero-order valence-corrected chi connectivity index (χ0v) is 14.9. The number of carbonyl (C=O) groups excluding carboxylic acids is 1. The van der Waals surface area contributed by atoms with Gasteiger partial charge in [-0.25, -0.2) is 0 Å². The monoisotopic (exact) mass is 323 g/mol. The summed E-state index contributed by atoms with van der Waals surface area (Å²) in [4.78, 5) is 16.8. The van der Waals surface area contributed by atoms with Crippen LogP contribution in [0.3, 0.4) is 0 Å². The fraction of sp³-hybridized carbons (Fsp3) is 0.944. The molecule has 0 aromatic carbocycles. The molecule has 5 heteroatoms. The van der Waals surface area contributed by atoms with Gasteiger partial charge < -0.3 is 19.9 Å². The summed E-state index contributed by atoms with van der Waals surface area (Å²) in [6.07, 6.45) is 7.54. The lowest BCUT2D eigenvalue weighted by Gasteiger charge is -2.57. The summed E-state index contributed by atoms with van der Waals surface area (Å²) in [6.45, 7) is 7.40. The first-order valence-corrected chi connectivity index (χ1v) is 9.47. The minimum Gasteiger partial charge on any atom is -0.378 e. The molecular formula is C18H33N3O2. The zero-order chi connectivity index (χ0) is 16.3. The van der Waals surface area contributed by atoms with E-state index >= 15 is 0 Å². The van der Waals surface area contributed by atoms with Gasteiger partial charge >= 0.3 is 0 Å². The normalized spacial score (nSPS) is 30.0. The summed E-state index contributed by atoms with van der Waals surface area (Å²) >= 11 is 0. The molecule has 3 fully saturated rings.